The van der Waals surface area contributed by atoms with Gasteiger partial charge in [-0.1, -0.05) is 48.0 Å². The minimum absolute atomic E-state index is 0.0101. The van der Waals surface area contributed by atoms with E-state index in [0.717, 1.165) is 17.1 Å². The predicted octanol–water partition coefficient (Wildman–Crippen LogP) is 3.38. The van der Waals surface area contributed by atoms with Crippen LogP contribution in [-0.2, 0) is 13.1 Å². The fourth-order valence-electron chi connectivity index (χ4n) is 2.40. The van der Waals surface area contributed by atoms with Crippen LogP contribution in [0.1, 0.15) is 31.3 Å². The number of benzene rings is 2. The largest absolute Gasteiger partial charge is 0.395 e. The molecule has 3 rings (SSSR count). The highest BCUT2D eigenvalue weighted by Gasteiger charge is 2.22. The molecule has 9 heteroatoms. The van der Waals surface area contributed by atoms with Gasteiger partial charge < -0.3 is 16.4 Å². The van der Waals surface area contributed by atoms with Crippen LogP contribution in [0.2, 0.25) is 5.02 Å². The Hall–Kier alpha value is -2.97. The lowest BCUT2D eigenvalue weighted by Gasteiger charge is -2.06. The van der Waals surface area contributed by atoms with Crippen molar-refractivity contribution in [2.45, 2.75) is 13.1 Å². The lowest BCUT2D eigenvalue weighted by Crippen LogP contribution is -2.25. The van der Waals surface area contributed by atoms with Crippen molar-refractivity contribution in [2.24, 2.45) is 0 Å². The lowest BCUT2D eigenvalue weighted by atomic mass is 10.2. The van der Waals surface area contributed by atoms with Crippen LogP contribution in [0.15, 0.2) is 48.5 Å². The van der Waals surface area contributed by atoms with E-state index >= 15 is 0 Å². The van der Waals surface area contributed by atoms with Gasteiger partial charge in [-0.2, -0.15) is 4.37 Å². The molecule has 0 spiro atoms. The van der Waals surface area contributed by atoms with E-state index in [1.807, 2.05) is 30.3 Å². The van der Waals surface area contributed by atoms with Crippen molar-refractivity contribution in [1.29, 1.82) is 0 Å². The number of hydrogen-bond acceptors (Lipinski definition) is 5. The predicted molar refractivity (Wildman–Crippen MR) is 107 cm³/mol. The first kappa shape index (κ1) is 19.8. The number of carbonyl (C=O) groups is 2. The van der Waals surface area contributed by atoms with Gasteiger partial charge in [0, 0.05) is 13.1 Å². The number of aromatic nitrogens is 1. The average Bonchev–Trinajstić information content (AvgIpc) is 3.09. The molecule has 0 unspecified atom stereocenters. The van der Waals surface area contributed by atoms with Crippen LogP contribution >= 0.6 is 23.1 Å². The molecule has 144 valence electrons. The first-order valence-electron chi connectivity index (χ1n) is 8.25. The van der Waals surface area contributed by atoms with Crippen LogP contribution in [0, 0.1) is 5.82 Å². The molecular weight excluding hydrogens is 403 g/mol. The van der Waals surface area contributed by atoms with Crippen molar-refractivity contribution in [1.82, 2.24) is 15.0 Å². The van der Waals surface area contributed by atoms with E-state index in [1.165, 1.54) is 18.2 Å². The molecule has 2 amide bonds. The van der Waals surface area contributed by atoms with Crippen LogP contribution in [-0.4, -0.2) is 16.2 Å². The topological polar surface area (TPSA) is 97.1 Å². The Balaban J connectivity index is 1.62. The van der Waals surface area contributed by atoms with E-state index in [9.17, 15) is 14.0 Å². The first-order chi connectivity index (χ1) is 13.5. The summed E-state index contributed by atoms with van der Waals surface area (Å²) in [6.45, 7) is 0.454. The molecule has 1 heterocycles. The number of amides is 2. The smallest absolute Gasteiger partial charge is 0.273 e. The van der Waals surface area contributed by atoms with Crippen LogP contribution in [0.25, 0.3) is 0 Å². The molecule has 0 saturated heterocycles. The quantitative estimate of drug-likeness (QED) is 0.571. The zero-order chi connectivity index (χ0) is 20.1. The van der Waals surface area contributed by atoms with Crippen LogP contribution < -0.4 is 16.4 Å². The standard InChI is InChI=1S/C19H16ClFN4O2S/c20-13-8-12(6-7-14(13)21)10-24-19(27)17-15(22)16(25-28-17)18(26)23-9-11-4-2-1-3-5-11/h1-8H,9-10,22H2,(H,23,26)(H,24,27). The van der Waals surface area contributed by atoms with Gasteiger partial charge in [-0.25, -0.2) is 4.39 Å². The van der Waals surface area contributed by atoms with Crippen LogP contribution in [0.5, 0.6) is 0 Å². The fraction of sp³-hybridized carbons (Fsp3) is 0.105. The van der Waals surface area contributed by atoms with Gasteiger partial charge in [-0.3, -0.25) is 9.59 Å². The molecule has 0 aliphatic rings. The van der Waals surface area contributed by atoms with Gasteiger partial charge >= 0.3 is 0 Å². The summed E-state index contributed by atoms with van der Waals surface area (Å²) in [7, 11) is 0. The Morgan fingerprint density at radius 1 is 1.04 bits per heavy atom. The van der Waals surface area contributed by atoms with Gasteiger partial charge in [0.15, 0.2) is 5.69 Å². The second-order valence-electron chi connectivity index (χ2n) is 5.87. The number of nitrogens with two attached hydrogens (primary N) is 1. The third kappa shape index (κ3) is 4.65. The van der Waals surface area contributed by atoms with Gasteiger partial charge in [0.2, 0.25) is 0 Å². The molecule has 28 heavy (non-hydrogen) atoms. The summed E-state index contributed by atoms with van der Waals surface area (Å²) in [5.41, 5.74) is 7.53. The summed E-state index contributed by atoms with van der Waals surface area (Å²) >= 11 is 6.56. The summed E-state index contributed by atoms with van der Waals surface area (Å²) in [5, 5.41) is 5.35. The first-order valence-corrected chi connectivity index (χ1v) is 9.40. The highest BCUT2D eigenvalue weighted by molar-refractivity contribution is 7.09. The summed E-state index contributed by atoms with van der Waals surface area (Å²) in [5.74, 6) is -1.46. The number of nitrogens with one attached hydrogen (secondary N) is 2. The Kier molecular flexibility index (Phi) is 6.23. The van der Waals surface area contributed by atoms with Crippen LogP contribution in [0.3, 0.4) is 0 Å². The molecule has 0 saturated carbocycles. The van der Waals surface area contributed by atoms with Gasteiger partial charge in [-0.15, -0.1) is 0 Å². The zero-order valence-electron chi connectivity index (χ0n) is 14.5. The molecule has 6 nitrogen and oxygen atoms in total. The number of nitrogen functional groups attached to an aromatic ring is 1. The van der Waals surface area contributed by atoms with E-state index in [2.05, 4.69) is 15.0 Å². The molecule has 0 aliphatic heterocycles. The van der Waals surface area contributed by atoms with Crippen molar-refractivity contribution in [3.63, 3.8) is 0 Å². The lowest BCUT2D eigenvalue weighted by molar-refractivity contribution is 0.0946. The van der Waals surface area contributed by atoms with E-state index in [1.54, 1.807) is 0 Å². The minimum Gasteiger partial charge on any atom is -0.395 e. The molecular formula is C19H16ClFN4O2S. The number of anilines is 1. The number of hydrogen-bond donors (Lipinski definition) is 3. The molecule has 1 aromatic heterocycles. The molecule has 0 fully saturated rings. The van der Waals surface area contributed by atoms with Crippen molar-refractivity contribution >= 4 is 40.6 Å². The van der Waals surface area contributed by atoms with Gasteiger partial charge in [0.05, 0.1) is 10.7 Å². The molecule has 0 radical (unpaired) electrons. The van der Waals surface area contributed by atoms with Gasteiger partial charge in [0.1, 0.15) is 10.7 Å². The maximum atomic E-state index is 13.2. The van der Waals surface area contributed by atoms with Crippen molar-refractivity contribution in [3.8, 4) is 0 Å². The van der Waals surface area contributed by atoms with Crippen LogP contribution in [0.4, 0.5) is 10.1 Å². The molecule has 0 aliphatic carbocycles. The highest BCUT2D eigenvalue weighted by atomic mass is 35.5. The average molecular weight is 419 g/mol. The summed E-state index contributed by atoms with van der Waals surface area (Å²) in [4.78, 5) is 24.8. The zero-order valence-corrected chi connectivity index (χ0v) is 16.1. The summed E-state index contributed by atoms with van der Waals surface area (Å²) in [6, 6.07) is 13.5. The number of nitrogens with zero attached hydrogens (tertiary/aromatic N) is 1. The Morgan fingerprint density at radius 2 is 1.71 bits per heavy atom. The molecule has 0 atom stereocenters. The highest BCUT2D eigenvalue weighted by Crippen LogP contribution is 2.22. The van der Waals surface area contributed by atoms with E-state index < -0.39 is 17.6 Å². The van der Waals surface area contributed by atoms with Gasteiger partial charge in [-0.05, 0) is 34.8 Å². The monoisotopic (exact) mass is 418 g/mol. The third-order valence-electron chi connectivity index (χ3n) is 3.88. The SMILES string of the molecule is Nc1c(C(=O)NCc2ccccc2)nsc1C(=O)NCc1ccc(F)c(Cl)c1. The number of halogens is 2. The molecule has 3 aromatic rings. The Labute approximate surface area is 169 Å². The number of carbonyl (C=O) groups excluding carboxylic acids is 2. The summed E-state index contributed by atoms with van der Waals surface area (Å²) < 4.78 is 17.2. The molecule has 2 aromatic carbocycles. The molecule has 0 bridgehead atoms. The summed E-state index contributed by atoms with van der Waals surface area (Å²) in [6.07, 6.45) is 0. The Bertz CT molecular complexity index is 1010. The van der Waals surface area contributed by atoms with Crippen molar-refractivity contribution < 1.29 is 14.0 Å². The maximum Gasteiger partial charge on any atom is 0.273 e. The van der Waals surface area contributed by atoms with E-state index in [-0.39, 0.29) is 27.8 Å². The third-order valence-corrected chi connectivity index (χ3v) is 5.03. The molecule has 4 N–H and O–H groups in total. The fourth-order valence-corrected chi connectivity index (χ4v) is 3.32. The Morgan fingerprint density at radius 3 is 2.43 bits per heavy atom. The van der Waals surface area contributed by atoms with Gasteiger partial charge in [0.25, 0.3) is 11.8 Å². The minimum atomic E-state index is -0.533. The van der Waals surface area contributed by atoms with Crippen molar-refractivity contribution in [2.75, 3.05) is 5.73 Å². The second-order valence-corrected chi connectivity index (χ2v) is 7.05. The maximum absolute atomic E-state index is 13.2. The van der Waals surface area contributed by atoms with E-state index in [0.29, 0.717) is 12.1 Å². The normalized spacial score (nSPS) is 10.5. The second kappa shape index (κ2) is 8.81. The van der Waals surface area contributed by atoms with Crippen molar-refractivity contribution in [3.05, 3.63) is 81.1 Å². The van der Waals surface area contributed by atoms with E-state index in [4.69, 9.17) is 17.3 Å². The number of rotatable bonds is 6.